The van der Waals surface area contributed by atoms with Crippen LogP contribution in [-0.2, 0) is 27.1 Å². The Kier molecular flexibility index (Phi) is 13.7. The van der Waals surface area contributed by atoms with Crippen LogP contribution in [0.2, 0.25) is 0 Å². The van der Waals surface area contributed by atoms with Crippen molar-refractivity contribution in [2.24, 2.45) is 10.9 Å². The molecule has 0 atom stereocenters. The van der Waals surface area contributed by atoms with E-state index in [1.807, 2.05) is 24.3 Å². The van der Waals surface area contributed by atoms with Crippen molar-refractivity contribution in [1.82, 2.24) is 15.4 Å². The van der Waals surface area contributed by atoms with E-state index in [0.717, 1.165) is 37.3 Å². The van der Waals surface area contributed by atoms with Gasteiger partial charge >= 0.3 is 0 Å². The number of rotatable bonds is 11. The Morgan fingerprint density at radius 2 is 1.93 bits per heavy atom. The molecule has 7 nitrogen and oxygen atoms in total. The molecular weight excluding hydrogens is 479 g/mol. The second kappa shape index (κ2) is 14.1. The molecule has 0 heterocycles. The van der Waals surface area contributed by atoms with Gasteiger partial charge in [0.25, 0.3) is 0 Å². The predicted octanol–water partition coefficient (Wildman–Crippen LogP) is 2.08. The second-order valence-corrected chi connectivity index (χ2v) is 8.38. The van der Waals surface area contributed by atoms with Gasteiger partial charge in [-0.15, -0.1) is 24.0 Å². The molecule has 0 spiro atoms. The molecule has 0 unspecified atom stereocenters. The van der Waals surface area contributed by atoms with Crippen molar-refractivity contribution in [2.75, 3.05) is 33.9 Å². The van der Waals surface area contributed by atoms with E-state index in [4.69, 9.17) is 4.74 Å². The molecule has 0 saturated heterocycles. The van der Waals surface area contributed by atoms with Gasteiger partial charge in [-0.1, -0.05) is 38.1 Å². The first-order valence-electron chi connectivity index (χ1n) is 8.87. The maximum Gasteiger partial charge on any atom is 0.215 e. The molecule has 0 saturated carbocycles. The minimum Gasteiger partial charge on any atom is -0.381 e. The molecule has 156 valence electrons. The highest BCUT2D eigenvalue weighted by Gasteiger charge is 2.09. The number of nitrogens with zero attached hydrogens (tertiary/aromatic N) is 1. The summed E-state index contributed by atoms with van der Waals surface area (Å²) in [4.78, 5) is 4.19. The van der Waals surface area contributed by atoms with Gasteiger partial charge in [0.1, 0.15) is 0 Å². The van der Waals surface area contributed by atoms with Crippen molar-refractivity contribution in [1.29, 1.82) is 0 Å². The van der Waals surface area contributed by atoms with E-state index in [1.54, 1.807) is 7.05 Å². The van der Waals surface area contributed by atoms with Crippen molar-refractivity contribution in [3.05, 3.63) is 35.4 Å². The topological polar surface area (TPSA) is 91.8 Å². The molecule has 0 radical (unpaired) electrons. The summed E-state index contributed by atoms with van der Waals surface area (Å²) < 4.78 is 31.2. The third-order valence-corrected chi connectivity index (χ3v) is 4.89. The zero-order valence-corrected chi connectivity index (χ0v) is 19.8. The minimum absolute atomic E-state index is 0. The summed E-state index contributed by atoms with van der Waals surface area (Å²) in [6.07, 6.45) is 0.908. The van der Waals surface area contributed by atoms with Crippen molar-refractivity contribution >= 4 is 40.0 Å². The lowest BCUT2D eigenvalue weighted by Crippen LogP contribution is -2.37. The van der Waals surface area contributed by atoms with Crippen molar-refractivity contribution in [2.45, 2.75) is 32.6 Å². The lowest BCUT2D eigenvalue weighted by molar-refractivity contribution is 0.108. The monoisotopic (exact) mass is 512 g/mol. The molecule has 1 aromatic rings. The summed E-state index contributed by atoms with van der Waals surface area (Å²) in [6.45, 7) is 7.12. The van der Waals surface area contributed by atoms with Gasteiger partial charge in [0.15, 0.2) is 5.96 Å². The quantitative estimate of drug-likeness (QED) is 0.183. The lowest BCUT2D eigenvalue weighted by Gasteiger charge is -2.13. The zero-order chi connectivity index (χ0) is 19.4. The summed E-state index contributed by atoms with van der Waals surface area (Å²) >= 11 is 0. The van der Waals surface area contributed by atoms with Crippen LogP contribution in [0.4, 0.5) is 0 Å². The van der Waals surface area contributed by atoms with Crippen LogP contribution in [0, 0.1) is 5.92 Å². The van der Waals surface area contributed by atoms with Gasteiger partial charge in [0.05, 0.1) is 5.75 Å². The Labute approximate surface area is 180 Å². The molecule has 0 bridgehead atoms. The Morgan fingerprint density at radius 1 is 1.22 bits per heavy atom. The van der Waals surface area contributed by atoms with Gasteiger partial charge in [-0.3, -0.25) is 4.99 Å². The van der Waals surface area contributed by atoms with E-state index in [0.29, 0.717) is 18.4 Å². The van der Waals surface area contributed by atoms with E-state index in [2.05, 4.69) is 34.2 Å². The molecular formula is C18H33IN4O3S. The molecule has 0 aliphatic heterocycles. The smallest absolute Gasteiger partial charge is 0.215 e. The molecule has 27 heavy (non-hydrogen) atoms. The lowest BCUT2D eigenvalue weighted by atomic mass is 10.1. The van der Waals surface area contributed by atoms with Gasteiger partial charge in [0.2, 0.25) is 10.0 Å². The van der Waals surface area contributed by atoms with Gasteiger partial charge in [0, 0.05) is 33.4 Å². The summed E-state index contributed by atoms with van der Waals surface area (Å²) in [5.74, 6) is 1.24. The number of ether oxygens (including phenoxy) is 1. The molecule has 0 aliphatic rings. The van der Waals surface area contributed by atoms with Gasteiger partial charge < -0.3 is 15.4 Å². The summed E-state index contributed by atoms with van der Waals surface area (Å²) in [7, 11) is -0.125. The molecule has 9 heteroatoms. The van der Waals surface area contributed by atoms with E-state index in [-0.39, 0.29) is 29.7 Å². The van der Waals surface area contributed by atoms with E-state index < -0.39 is 10.0 Å². The van der Waals surface area contributed by atoms with Crippen LogP contribution in [0.25, 0.3) is 0 Å². The Bertz CT molecular complexity index is 666. The largest absolute Gasteiger partial charge is 0.381 e. The van der Waals surface area contributed by atoms with Crippen molar-refractivity contribution in [3.8, 4) is 0 Å². The number of guanidine groups is 1. The highest BCUT2D eigenvalue weighted by atomic mass is 127. The normalized spacial score (nSPS) is 12.0. The third kappa shape index (κ3) is 12.2. The summed E-state index contributed by atoms with van der Waals surface area (Å²) in [6, 6.07) is 7.51. The van der Waals surface area contributed by atoms with Crippen LogP contribution in [0.1, 0.15) is 31.4 Å². The molecule has 0 aromatic heterocycles. The average Bonchev–Trinajstić information content (AvgIpc) is 2.60. The Hall–Kier alpha value is -0.910. The Morgan fingerprint density at radius 3 is 2.56 bits per heavy atom. The maximum absolute atomic E-state index is 11.7. The Balaban J connectivity index is 0.00000676. The van der Waals surface area contributed by atoms with E-state index >= 15 is 0 Å². The number of hydrogen-bond acceptors (Lipinski definition) is 4. The minimum atomic E-state index is -3.27. The summed E-state index contributed by atoms with van der Waals surface area (Å²) in [5, 5.41) is 6.47. The molecule has 0 fully saturated rings. The number of nitrogens with one attached hydrogen (secondary N) is 3. The summed E-state index contributed by atoms with van der Waals surface area (Å²) in [5.41, 5.74) is 1.75. The highest BCUT2D eigenvalue weighted by Crippen LogP contribution is 2.08. The number of halogens is 1. The first-order chi connectivity index (χ1) is 12.4. The van der Waals surface area contributed by atoms with E-state index in [9.17, 15) is 8.42 Å². The van der Waals surface area contributed by atoms with Crippen LogP contribution in [0.3, 0.4) is 0 Å². The number of aliphatic imine (C=N–C) groups is 1. The standard InChI is InChI=1S/C18H32N4O3S.HI/c1-15(2)13-25-10-6-9-21-18(19-3)22-12-16-7-5-8-17(11-16)14-26(23,24)20-4;/h5,7-8,11,15,20H,6,9-10,12-14H2,1-4H3,(H2,19,21,22);1H. The first-order valence-corrected chi connectivity index (χ1v) is 10.5. The molecule has 3 N–H and O–H groups in total. The van der Waals surface area contributed by atoms with E-state index in [1.165, 1.54) is 7.05 Å². The van der Waals surface area contributed by atoms with Crippen LogP contribution in [0.15, 0.2) is 29.3 Å². The highest BCUT2D eigenvalue weighted by molar-refractivity contribution is 14.0. The van der Waals surface area contributed by atoms with Crippen LogP contribution >= 0.6 is 24.0 Å². The molecule has 1 aromatic carbocycles. The fraction of sp³-hybridized carbons (Fsp3) is 0.611. The maximum atomic E-state index is 11.7. The number of benzene rings is 1. The van der Waals surface area contributed by atoms with Crippen LogP contribution < -0.4 is 15.4 Å². The predicted molar refractivity (Wildman–Crippen MR) is 122 cm³/mol. The van der Waals surface area contributed by atoms with Gasteiger partial charge in [-0.25, -0.2) is 13.1 Å². The average molecular weight is 512 g/mol. The molecule has 1 rings (SSSR count). The first kappa shape index (κ1) is 26.1. The fourth-order valence-corrected chi connectivity index (χ4v) is 2.99. The molecule has 0 aliphatic carbocycles. The SMILES string of the molecule is CN=C(NCCCOCC(C)C)NCc1cccc(CS(=O)(=O)NC)c1.I. The van der Waals surface area contributed by atoms with Gasteiger partial charge in [-0.05, 0) is 30.5 Å². The molecule has 0 amide bonds. The van der Waals surface area contributed by atoms with Gasteiger partial charge in [-0.2, -0.15) is 0 Å². The zero-order valence-electron chi connectivity index (χ0n) is 16.6. The van der Waals surface area contributed by atoms with Crippen molar-refractivity contribution < 1.29 is 13.2 Å². The number of sulfonamides is 1. The van der Waals surface area contributed by atoms with Crippen LogP contribution in [-0.4, -0.2) is 48.2 Å². The van der Waals surface area contributed by atoms with Crippen molar-refractivity contribution in [3.63, 3.8) is 0 Å². The third-order valence-electron chi connectivity index (χ3n) is 3.55. The number of hydrogen-bond donors (Lipinski definition) is 3. The van der Waals surface area contributed by atoms with Crippen LogP contribution in [0.5, 0.6) is 0 Å². The second-order valence-electron chi connectivity index (χ2n) is 6.46. The fourth-order valence-electron chi connectivity index (χ4n) is 2.23.